The predicted octanol–water partition coefficient (Wildman–Crippen LogP) is -0.633. The number of carbonyl (C=O) groups is 1. The molecule has 1 heterocycles. The van der Waals surface area contributed by atoms with E-state index in [4.69, 9.17) is 10.8 Å². The number of imidazole rings is 1. The van der Waals surface area contributed by atoms with Crippen molar-refractivity contribution in [2.24, 2.45) is 11.0 Å². The fraction of sp³-hybridized carbons (Fsp3) is 0.333. The molecule has 0 unspecified atom stereocenters. The first-order chi connectivity index (χ1) is 6.15. The molecule has 0 aromatic carbocycles. The van der Waals surface area contributed by atoms with Crippen LogP contribution in [-0.2, 0) is 11.2 Å². The first-order valence-corrected chi connectivity index (χ1v) is 3.48. The van der Waals surface area contributed by atoms with E-state index in [0.717, 1.165) is 4.68 Å². The SMILES string of the molecule is N[C@@H](Cc1cncn1N=O)C(=O)O. The molecule has 70 valence electrons. The van der Waals surface area contributed by atoms with Gasteiger partial charge in [-0.2, -0.15) is 4.68 Å². The van der Waals surface area contributed by atoms with Crippen molar-refractivity contribution in [2.75, 3.05) is 0 Å². The van der Waals surface area contributed by atoms with Gasteiger partial charge in [0.2, 0.25) is 0 Å². The Kier molecular flexibility index (Phi) is 2.70. The predicted molar refractivity (Wildman–Crippen MR) is 42.7 cm³/mol. The van der Waals surface area contributed by atoms with Crippen molar-refractivity contribution in [1.29, 1.82) is 0 Å². The van der Waals surface area contributed by atoms with Crippen molar-refractivity contribution in [3.63, 3.8) is 0 Å². The van der Waals surface area contributed by atoms with E-state index in [1.54, 1.807) is 0 Å². The average Bonchev–Trinajstić information content (AvgIpc) is 2.51. The van der Waals surface area contributed by atoms with Gasteiger partial charge < -0.3 is 10.8 Å². The number of carboxylic acids is 1. The summed E-state index contributed by atoms with van der Waals surface area (Å²) in [6.45, 7) is 0. The van der Waals surface area contributed by atoms with Crippen LogP contribution in [0.2, 0.25) is 0 Å². The molecule has 0 aliphatic heterocycles. The van der Waals surface area contributed by atoms with Crippen LogP contribution in [0.5, 0.6) is 0 Å². The minimum atomic E-state index is -1.13. The first kappa shape index (κ1) is 9.33. The van der Waals surface area contributed by atoms with Crippen molar-refractivity contribution < 1.29 is 9.90 Å². The van der Waals surface area contributed by atoms with Gasteiger partial charge in [0.25, 0.3) is 0 Å². The van der Waals surface area contributed by atoms with Crippen molar-refractivity contribution in [3.8, 4) is 0 Å². The zero-order valence-corrected chi connectivity index (χ0v) is 6.62. The van der Waals surface area contributed by atoms with Crippen LogP contribution in [0.15, 0.2) is 17.8 Å². The Bertz CT molecular complexity index is 321. The topological polar surface area (TPSA) is 111 Å². The number of hydrogen-bond donors (Lipinski definition) is 2. The Balaban J connectivity index is 2.73. The smallest absolute Gasteiger partial charge is 0.320 e. The Morgan fingerprint density at radius 2 is 2.54 bits per heavy atom. The zero-order valence-electron chi connectivity index (χ0n) is 6.62. The van der Waals surface area contributed by atoms with E-state index in [0.29, 0.717) is 5.69 Å². The van der Waals surface area contributed by atoms with Crippen LogP contribution >= 0.6 is 0 Å². The van der Waals surface area contributed by atoms with E-state index in [2.05, 4.69) is 10.3 Å². The maximum absolute atomic E-state index is 10.4. The molecule has 1 aromatic heterocycles. The van der Waals surface area contributed by atoms with E-state index in [1.165, 1.54) is 12.5 Å². The van der Waals surface area contributed by atoms with E-state index in [9.17, 15) is 9.70 Å². The van der Waals surface area contributed by atoms with Gasteiger partial charge in [-0.3, -0.25) is 4.79 Å². The summed E-state index contributed by atoms with van der Waals surface area (Å²) in [6, 6.07) is -1.04. The highest BCUT2D eigenvalue weighted by molar-refractivity contribution is 5.73. The molecule has 7 nitrogen and oxygen atoms in total. The number of hydrogen-bond acceptors (Lipinski definition) is 5. The van der Waals surface area contributed by atoms with Crippen LogP contribution in [0.3, 0.4) is 0 Å². The molecule has 0 amide bonds. The normalized spacial score (nSPS) is 12.4. The number of aromatic nitrogens is 2. The summed E-state index contributed by atoms with van der Waals surface area (Å²) in [4.78, 5) is 24.1. The lowest BCUT2D eigenvalue weighted by Crippen LogP contribution is -2.32. The molecule has 0 radical (unpaired) electrons. The molecule has 7 heteroatoms. The fourth-order valence-corrected chi connectivity index (χ4v) is 0.848. The van der Waals surface area contributed by atoms with Gasteiger partial charge in [0.15, 0.2) is 0 Å². The van der Waals surface area contributed by atoms with Crippen LogP contribution < -0.4 is 5.73 Å². The van der Waals surface area contributed by atoms with E-state index >= 15 is 0 Å². The van der Waals surface area contributed by atoms with Gasteiger partial charge in [-0.25, -0.2) is 4.98 Å². The minimum Gasteiger partial charge on any atom is -0.480 e. The van der Waals surface area contributed by atoms with Gasteiger partial charge in [0, 0.05) is 6.42 Å². The lowest BCUT2D eigenvalue weighted by Gasteiger charge is -2.04. The van der Waals surface area contributed by atoms with Crippen LogP contribution in [0, 0.1) is 4.91 Å². The molecule has 0 spiro atoms. The molecule has 0 bridgehead atoms. The molecule has 1 rings (SSSR count). The van der Waals surface area contributed by atoms with Crippen LogP contribution in [0.4, 0.5) is 0 Å². The maximum atomic E-state index is 10.4. The summed E-state index contributed by atoms with van der Waals surface area (Å²) in [6.07, 6.45) is 2.57. The quantitative estimate of drug-likeness (QED) is 0.605. The first-order valence-electron chi connectivity index (χ1n) is 3.48. The Hall–Kier alpha value is -1.76. The van der Waals surface area contributed by atoms with Gasteiger partial charge in [-0.15, -0.1) is 4.91 Å². The summed E-state index contributed by atoms with van der Waals surface area (Å²) >= 11 is 0. The third-order valence-electron chi connectivity index (χ3n) is 1.53. The lowest BCUT2D eigenvalue weighted by molar-refractivity contribution is -0.138. The molecule has 1 aromatic rings. The molecular weight excluding hydrogens is 176 g/mol. The highest BCUT2D eigenvalue weighted by Gasteiger charge is 2.14. The van der Waals surface area contributed by atoms with Crippen molar-refractivity contribution >= 4 is 5.97 Å². The number of nitroso groups, excluding NO2 is 1. The second-order valence-electron chi connectivity index (χ2n) is 2.46. The fourth-order valence-electron chi connectivity index (χ4n) is 0.848. The van der Waals surface area contributed by atoms with Crippen molar-refractivity contribution in [2.45, 2.75) is 12.5 Å². The molecule has 0 saturated carbocycles. The van der Waals surface area contributed by atoms with Gasteiger partial charge in [0.05, 0.1) is 17.2 Å². The number of carboxylic acid groups (broad SMARTS) is 1. The molecule has 0 fully saturated rings. The van der Waals surface area contributed by atoms with E-state index < -0.39 is 12.0 Å². The molecule has 0 aliphatic carbocycles. The number of aliphatic carboxylic acids is 1. The summed E-state index contributed by atoms with van der Waals surface area (Å²) < 4.78 is 0.947. The van der Waals surface area contributed by atoms with Crippen LogP contribution in [0.25, 0.3) is 0 Å². The third kappa shape index (κ3) is 2.09. The minimum absolute atomic E-state index is 0.0288. The molecule has 3 N–H and O–H groups in total. The van der Waals surface area contributed by atoms with Gasteiger partial charge in [0.1, 0.15) is 12.4 Å². The van der Waals surface area contributed by atoms with Crippen LogP contribution in [0.1, 0.15) is 5.69 Å². The summed E-state index contributed by atoms with van der Waals surface area (Å²) in [5.74, 6) is -1.13. The number of rotatable bonds is 4. The molecular formula is C6H8N4O3. The van der Waals surface area contributed by atoms with E-state index in [-0.39, 0.29) is 6.42 Å². The highest BCUT2D eigenvalue weighted by Crippen LogP contribution is 2.01. The van der Waals surface area contributed by atoms with Crippen molar-refractivity contribution in [3.05, 3.63) is 23.1 Å². The molecule has 13 heavy (non-hydrogen) atoms. The maximum Gasteiger partial charge on any atom is 0.320 e. The summed E-state index contributed by atoms with van der Waals surface area (Å²) in [5, 5.41) is 11.1. The monoisotopic (exact) mass is 184 g/mol. The Morgan fingerprint density at radius 3 is 3.08 bits per heavy atom. The standard InChI is InChI=1S/C6H8N4O3/c7-5(6(11)12)1-4-2-8-3-10(4)9-13/h2-3,5H,1,7H2,(H,11,12)/t5-/m0/s1. The highest BCUT2D eigenvalue weighted by atomic mass is 16.4. The Morgan fingerprint density at radius 1 is 1.85 bits per heavy atom. The second kappa shape index (κ2) is 3.76. The van der Waals surface area contributed by atoms with Gasteiger partial charge in [-0.1, -0.05) is 0 Å². The van der Waals surface area contributed by atoms with E-state index in [1.807, 2.05) is 0 Å². The van der Waals surface area contributed by atoms with Crippen molar-refractivity contribution in [1.82, 2.24) is 9.66 Å². The summed E-state index contributed by atoms with van der Waals surface area (Å²) in [5.41, 5.74) is 5.63. The van der Waals surface area contributed by atoms with Gasteiger partial charge in [-0.05, 0) is 0 Å². The molecule has 0 aliphatic rings. The second-order valence-corrected chi connectivity index (χ2v) is 2.46. The molecule has 1 atom stereocenters. The van der Waals surface area contributed by atoms with Gasteiger partial charge >= 0.3 is 5.97 Å². The lowest BCUT2D eigenvalue weighted by atomic mass is 10.2. The average molecular weight is 184 g/mol. The van der Waals surface area contributed by atoms with Crippen LogP contribution in [-0.4, -0.2) is 26.8 Å². The zero-order chi connectivity index (χ0) is 9.84. The number of nitrogens with two attached hydrogens (primary N) is 1. The largest absolute Gasteiger partial charge is 0.480 e. The third-order valence-corrected chi connectivity index (χ3v) is 1.53. The summed E-state index contributed by atoms with van der Waals surface area (Å²) in [7, 11) is 0. The Labute approximate surface area is 73.1 Å². The molecule has 0 saturated heterocycles. The number of nitrogens with zero attached hydrogens (tertiary/aromatic N) is 3.